The summed E-state index contributed by atoms with van der Waals surface area (Å²) in [5, 5.41) is 16.9. The van der Waals surface area contributed by atoms with E-state index in [0.717, 1.165) is 10.9 Å². The van der Waals surface area contributed by atoms with Gasteiger partial charge in [0.15, 0.2) is 0 Å². The molecular formula is C14H12Cl2N4O5. The molecule has 1 amide bonds. The molecule has 0 saturated heterocycles. The van der Waals surface area contributed by atoms with Crippen molar-refractivity contribution in [2.45, 2.75) is 13.5 Å². The van der Waals surface area contributed by atoms with E-state index in [2.05, 4.69) is 10.4 Å². The minimum Gasteiger partial charge on any atom is -0.494 e. The van der Waals surface area contributed by atoms with Gasteiger partial charge in [0.1, 0.15) is 23.0 Å². The second kappa shape index (κ2) is 7.95. The number of anilines is 1. The summed E-state index contributed by atoms with van der Waals surface area (Å²) in [6.07, 6.45) is 1.12. The number of halogens is 2. The smallest absolute Gasteiger partial charge is 0.296 e. The first-order valence-electron chi connectivity index (χ1n) is 6.95. The van der Waals surface area contributed by atoms with E-state index in [0.29, 0.717) is 12.4 Å². The third-order valence-corrected chi connectivity index (χ3v) is 3.74. The molecule has 1 aromatic heterocycles. The molecule has 0 saturated carbocycles. The lowest BCUT2D eigenvalue weighted by molar-refractivity contribution is -0.384. The highest BCUT2D eigenvalue weighted by molar-refractivity contribution is 6.41. The van der Waals surface area contributed by atoms with Gasteiger partial charge in [-0.1, -0.05) is 23.2 Å². The summed E-state index contributed by atoms with van der Waals surface area (Å²) in [6.45, 7) is 1.60. The van der Waals surface area contributed by atoms with Crippen LogP contribution in [0.1, 0.15) is 6.92 Å². The van der Waals surface area contributed by atoms with Crippen LogP contribution in [0, 0.1) is 10.1 Å². The Morgan fingerprint density at radius 2 is 2.16 bits per heavy atom. The molecule has 2 rings (SSSR count). The molecule has 0 aliphatic heterocycles. The molecule has 1 heterocycles. The Morgan fingerprint density at radius 3 is 2.80 bits per heavy atom. The predicted molar refractivity (Wildman–Crippen MR) is 91.4 cm³/mol. The highest BCUT2D eigenvalue weighted by Crippen LogP contribution is 2.29. The highest BCUT2D eigenvalue weighted by Gasteiger charge is 2.18. The van der Waals surface area contributed by atoms with Crippen LogP contribution in [0.15, 0.2) is 29.2 Å². The van der Waals surface area contributed by atoms with Gasteiger partial charge in [0.05, 0.1) is 28.8 Å². The molecule has 0 unspecified atom stereocenters. The molecule has 132 valence electrons. The molecule has 9 nitrogen and oxygen atoms in total. The van der Waals surface area contributed by atoms with Crippen molar-refractivity contribution in [3.05, 3.63) is 54.9 Å². The Balaban J connectivity index is 2.22. The van der Waals surface area contributed by atoms with Crippen LogP contribution < -0.4 is 15.6 Å². The molecule has 0 fully saturated rings. The zero-order valence-electron chi connectivity index (χ0n) is 12.9. The van der Waals surface area contributed by atoms with Crippen LogP contribution in [0.3, 0.4) is 0 Å². The van der Waals surface area contributed by atoms with Crippen molar-refractivity contribution in [3.8, 4) is 5.75 Å². The van der Waals surface area contributed by atoms with Gasteiger partial charge in [0.25, 0.3) is 11.2 Å². The first-order valence-corrected chi connectivity index (χ1v) is 7.71. The molecule has 0 radical (unpaired) electrons. The number of nitro groups is 1. The van der Waals surface area contributed by atoms with Crippen molar-refractivity contribution in [2.75, 3.05) is 11.9 Å². The van der Waals surface area contributed by atoms with E-state index in [-0.39, 0.29) is 21.4 Å². The van der Waals surface area contributed by atoms with Crippen LogP contribution in [0.5, 0.6) is 5.75 Å². The summed E-state index contributed by atoms with van der Waals surface area (Å²) in [4.78, 5) is 34.4. The summed E-state index contributed by atoms with van der Waals surface area (Å²) in [5.74, 6) is -0.394. The lowest BCUT2D eigenvalue weighted by Gasteiger charge is -2.09. The molecule has 11 heteroatoms. The number of nitrogens with zero attached hydrogens (tertiary/aromatic N) is 3. The monoisotopic (exact) mass is 386 g/mol. The Bertz CT molecular complexity index is 884. The minimum absolute atomic E-state index is 0.0356. The number of amides is 1. The van der Waals surface area contributed by atoms with Crippen LogP contribution in [0.2, 0.25) is 10.0 Å². The van der Waals surface area contributed by atoms with E-state index in [1.807, 2.05) is 0 Å². The fourth-order valence-electron chi connectivity index (χ4n) is 1.91. The van der Waals surface area contributed by atoms with Gasteiger partial charge in [0, 0.05) is 0 Å². The third-order valence-electron chi connectivity index (χ3n) is 2.99. The Morgan fingerprint density at radius 1 is 1.44 bits per heavy atom. The van der Waals surface area contributed by atoms with Gasteiger partial charge in [-0.2, -0.15) is 5.10 Å². The summed E-state index contributed by atoms with van der Waals surface area (Å²) in [6, 6.07) is 4.02. The van der Waals surface area contributed by atoms with Gasteiger partial charge >= 0.3 is 0 Å². The predicted octanol–water partition coefficient (Wildman–Crippen LogP) is 2.50. The number of hydrogen-bond donors (Lipinski definition) is 1. The van der Waals surface area contributed by atoms with Crippen molar-refractivity contribution in [1.82, 2.24) is 9.78 Å². The summed E-state index contributed by atoms with van der Waals surface area (Å²) in [7, 11) is 0. The van der Waals surface area contributed by atoms with E-state index < -0.39 is 22.9 Å². The van der Waals surface area contributed by atoms with E-state index in [1.54, 1.807) is 6.92 Å². The van der Waals surface area contributed by atoms with Crippen LogP contribution in [0.4, 0.5) is 11.4 Å². The van der Waals surface area contributed by atoms with Gasteiger partial charge in [-0.05, 0) is 19.1 Å². The molecule has 0 atom stereocenters. The van der Waals surface area contributed by atoms with Gasteiger partial charge in [-0.25, -0.2) is 4.68 Å². The number of hydrogen-bond acceptors (Lipinski definition) is 6. The van der Waals surface area contributed by atoms with E-state index >= 15 is 0 Å². The molecule has 0 spiro atoms. The quantitative estimate of drug-likeness (QED) is 0.601. The highest BCUT2D eigenvalue weighted by atomic mass is 35.5. The molecule has 0 bridgehead atoms. The third kappa shape index (κ3) is 4.46. The van der Waals surface area contributed by atoms with Crippen molar-refractivity contribution < 1.29 is 14.5 Å². The molecule has 25 heavy (non-hydrogen) atoms. The molecule has 0 aliphatic carbocycles. The van der Waals surface area contributed by atoms with E-state index in [1.165, 1.54) is 18.2 Å². The number of carbonyl (C=O) groups excluding carboxylic acids is 1. The number of rotatable bonds is 6. The van der Waals surface area contributed by atoms with Crippen LogP contribution >= 0.6 is 23.2 Å². The molecule has 1 N–H and O–H groups in total. The summed E-state index contributed by atoms with van der Waals surface area (Å²) in [5.41, 5.74) is -1.12. The Kier molecular flexibility index (Phi) is 5.94. The SMILES string of the molecule is CCOc1ccc(NC(=O)Cn2ncc(Cl)c(Cl)c2=O)c([N+](=O)[O-])c1. The Hall–Kier alpha value is -2.65. The topological polar surface area (TPSA) is 116 Å². The van der Waals surface area contributed by atoms with Crippen LogP contribution in [-0.4, -0.2) is 27.2 Å². The maximum atomic E-state index is 12.1. The normalized spacial score (nSPS) is 10.4. The maximum Gasteiger partial charge on any atom is 0.296 e. The first-order chi connectivity index (χ1) is 11.8. The van der Waals surface area contributed by atoms with Crippen molar-refractivity contribution >= 4 is 40.5 Å². The number of nitrogens with one attached hydrogen (secondary N) is 1. The number of benzene rings is 1. The van der Waals surface area contributed by atoms with Crippen LogP contribution in [0.25, 0.3) is 0 Å². The van der Waals surface area contributed by atoms with Crippen molar-refractivity contribution in [1.29, 1.82) is 0 Å². The molecule has 0 aliphatic rings. The van der Waals surface area contributed by atoms with E-state index in [9.17, 15) is 19.7 Å². The van der Waals surface area contributed by atoms with Crippen molar-refractivity contribution in [2.24, 2.45) is 0 Å². The number of aromatic nitrogens is 2. The molecule has 2 aromatic rings. The second-order valence-corrected chi connectivity index (χ2v) is 5.47. The largest absolute Gasteiger partial charge is 0.494 e. The van der Waals surface area contributed by atoms with Gasteiger partial charge in [-0.15, -0.1) is 0 Å². The van der Waals surface area contributed by atoms with Crippen LogP contribution in [-0.2, 0) is 11.3 Å². The maximum absolute atomic E-state index is 12.1. The summed E-state index contributed by atoms with van der Waals surface area (Å²) < 4.78 is 5.99. The fourth-order valence-corrected chi connectivity index (χ4v) is 2.18. The lowest BCUT2D eigenvalue weighted by atomic mass is 10.2. The average Bonchev–Trinajstić information content (AvgIpc) is 2.57. The second-order valence-electron chi connectivity index (χ2n) is 4.69. The van der Waals surface area contributed by atoms with E-state index in [4.69, 9.17) is 27.9 Å². The zero-order chi connectivity index (χ0) is 18.6. The summed E-state index contributed by atoms with van der Waals surface area (Å²) >= 11 is 11.4. The zero-order valence-corrected chi connectivity index (χ0v) is 14.4. The van der Waals surface area contributed by atoms with Gasteiger partial charge < -0.3 is 10.1 Å². The van der Waals surface area contributed by atoms with Crippen molar-refractivity contribution in [3.63, 3.8) is 0 Å². The number of nitro benzene ring substituents is 1. The fraction of sp³-hybridized carbons (Fsp3) is 0.214. The first kappa shape index (κ1) is 18.7. The average molecular weight is 387 g/mol. The van der Waals surface area contributed by atoms with Gasteiger partial charge in [-0.3, -0.25) is 19.7 Å². The number of carbonyl (C=O) groups is 1. The minimum atomic E-state index is -0.745. The molecule has 1 aromatic carbocycles. The van der Waals surface area contributed by atoms with Gasteiger partial charge in [0.2, 0.25) is 5.91 Å². The Labute approximate surface area is 151 Å². The molecular weight excluding hydrogens is 375 g/mol. The number of ether oxygens (including phenoxy) is 1. The lowest BCUT2D eigenvalue weighted by Crippen LogP contribution is -2.30. The standard InChI is InChI=1S/C14H12Cl2N4O5/c1-2-25-8-3-4-10(11(5-8)20(23)24)18-12(21)7-19-14(22)13(16)9(15)6-17-19/h3-6H,2,7H2,1H3,(H,18,21).